The molecule has 0 aliphatic heterocycles. The minimum Gasteiger partial charge on any atom is -0.351 e. The van der Waals surface area contributed by atoms with Crippen LogP contribution >= 0.6 is 0 Å². The van der Waals surface area contributed by atoms with E-state index in [9.17, 15) is 9.59 Å². The Labute approximate surface area is 135 Å². The average molecular weight is 313 g/mol. The summed E-state index contributed by atoms with van der Waals surface area (Å²) in [5.74, 6) is 0.365. The van der Waals surface area contributed by atoms with Gasteiger partial charge in [0.1, 0.15) is 6.54 Å². The van der Waals surface area contributed by atoms with Gasteiger partial charge >= 0.3 is 0 Å². The Kier molecular flexibility index (Phi) is 4.46. The number of aryl methyl sites for hydroxylation is 1. The summed E-state index contributed by atoms with van der Waals surface area (Å²) < 4.78 is 1.28. The molecule has 5 nitrogen and oxygen atoms in total. The van der Waals surface area contributed by atoms with Gasteiger partial charge in [-0.25, -0.2) is 4.68 Å². The molecule has 1 aliphatic carbocycles. The zero-order chi connectivity index (χ0) is 16.4. The Morgan fingerprint density at radius 2 is 1.96 bits per heavy atom. The smallest absolute Gasteiger partial charge is 0.275 e. The Bertz CT molecular complexity index is 781. The SMILES string of the molecule is Cc1nn(CC(=O)N[C@@H]2CCCC[C@H]2C)c(=O)c2ccccc12. The molecule has 122 valence electrons. The maximum Gasteiger partial charge on any atom is 0.275 e. The molecule has 1 N–H and O–H groups in total. The summed E-state index contributed by atoms with van der Waals surface area (Å²) in [5, 5.41) is 8.82. The number of amides is 1. The molecule has 0 spiro atoms. The van der Waals surface area contributed by atoms with Crippen molar-refractivity contribution < 1.29 is 4.79 Å². The van der Waals surface area contributed by atoms with Gasteiger partial charge in [0.25, 0.3) is 5.56 Å². The first-order valence-electron chi connectivity index (χ1n) is 8.32. The Hall–Kier alpha value is -2.17. The van der Waals surface area contributed by atoms with E-state index in [1.165, 1.54) is 11.1 Å². The van der Waals surface area contributed by atoms with Gasteiger partial charge in [-0.15, -0.1) is 0 Å². The van der Waals surface area contributed by atoms with Crippen molar-refractivity contribution in [1.82, 2.24) is 15.1 Å². The number of hydrogen-bond donors (Lipinski definition) is 1. The number of carbonyl (C=O) groups excluding carboxylic acids is 1. The van der Waals surface area contributed by atoms with Gasteiger partial charge in [-0.1, -0.05) is 38.0 Å². The van der Waals surface area contributed by atoms with Crippen LogP contribution in [0.25, 0.3) is 10.8 Å². The van der Waals surface area contributed by atoms with E-state index < -0.39 is 0 Å². The Balaban J connectivity index is 1.80. The van der Waals surface area contributed by atoms with Gasteiger partial charge in [-0.2, -0.15) is 5.10 Å². The lowest BCUT2D eigenvalue weighted by molar-refractivity contribution is -0.123. The predicted molar refractivity (Wildman–Crippen MR) is 90.3 cm³/mol. The zero-order valence-corrected chi connectivity index (χ0v) is 13.7. The van der Waals surface area contributed by atoms with E-state index in [2.05, 4.69) is 17.3 Å². The van der Waals surface area contributed by atoms with Crippen molar-refractivity contribution in [2.45, 2.75) is 52.1 Å². The molecule has 0 radical (unpaired) electrons. The summed E-state index contributed by atoms with van der Waals surface area (Å²) in [4.78, 5) is 24.8. The van der Waals surface area contributed by atoms with Crippen molar-refractivity contribution in [1.29, 1.82) is 0 Å². The molecular weight excluding hydrogens is 290 g/mol. The Morgan fingerprint density at radius 1 is 1.26 bits per heavy atom. The number of aromatic nitrogens is 2. The van der Waals surface area contributed by atoms with E-state index in [4.69, 9.17) is 0 Å². The second-order valence-corrected chi connectivity index (χ2v) is 6.53. The molecule has 1 aromatic heterocycles. The number of benzene rings is 1. The predicted octanol–water partition coefficient (Wildman–Crippen LogP) is 2.40. The van der Waals surface area contributed by atoms with E-state index in [1.807, 2.05) is 25.1 Å². The first-order valence-corrected chi connectivity index (χ1v) is 8.32. The highest BCUT2D eigenvalue weighted by atomic mass is 16.2. The van der Waals surface area contributed by atoms with Crippen LogP contribution in [0, 0.1) is 12.8 Å². The molecule has 1 aliphatic rings. The van der Waals surface area contributed by atoms with E-state index in [0.29, 0.717) is 11.3 Å². The van der Waals surface area contributed by atoms with E-state index in [-0.39, 0.29) is 24.1 Å². The number of hydrogen-bond acceptors (Lipinski definition) is 3. The van der Waals surface area contributed by atoms with Gasteiger partial charge in [0, 0.05) is 11.4 Å². The normalized spacial score (nSPS) is 21.3. The van der Waals surface area contributed by atoms with Crippen molar-refractivity contribution in [3.05, 3.63) is 40.3 Å². The molecule has 2 aromatic rings. The van der Waals surface area contributed by atoms with Crippen LogP contribution in [0.3, 0.4) is 0 Å². The minimum absolute atomic E-state index is 0.0201. The van der Waals surface area contributed by atoms with Crippen LogP contribution < -0.4 is 10.9 Å². The number of carbonyl (C=O) groups is 1. The van der Waals surface area contributed by atoms with E-state index >= 15 is 0 Å². The fraction of sp³-hybridized carbons (Fsp3) is 0.500. The average Bonchev–Trinajstić information content (AvgIpc) is 2.54. The topological polar surface area (TPSA) is 64.0 Å². The zero-order valence-electron chi connectivity index (χ0n) is 13.7. The van der Waals surface area contributed by atoms with Gasteiger partial charge in [-0.3, -0.25) is 9.59 Å². The molecule has 3 rings (SSSR count). The van der Waals surface area contributed by atoms with Crippen molar-refractivity contribution >= 4 is 16.7 Å². The lowest BCUT2D eigenvalue weighted by Gasteiger charge is -2.29. The fourth-order valence-electron chi connectivity index (χ4n) is 3.43. The van der Waals surface area contributed by atoms with E-state index in [0.717, 1.165) is 30.3 Å². The van der Waals surface area contributed by atoms with Crippen LogP contribution in [0.1, 0.15) is 38.3 Å². The van der Waals surface area contributed by atoms with E-state index in [1.54, 1.807) is 6.07 Å². The van der Waals surface area contributed by atoms with Crippen molar-refractivity contribution in [2.24, 2.45) is 5.92 Å². The molecule has 2 atom stereocenters. The maximum absolute atomic E-state index is 12.5. The van der Waals surface area contributed by atoms with Gasteiger partial charge in [0.2, 0.25) is 5.91 Å². The highest BCUT2D eigenvalue weighted by molar-refractivity contribution is 5.83. The molecule has 0 bridgehead atoms. The minimum atomic E-state index is -0.210. The van der Waals surface area contributed by atoms with Crippen LogP contribution in [0.2, 0.25) is 0 Å². The lowest BCUT2D eigenvalue weighted by atomic mass is 9.86. The molecule has 1 amide bonds. The number of nitrogens with zero attached hydrogens (tertiary/aromatic N) is 2. The second-order valence-electron chi connectivity index (χ2n) is 6.53. The summed E-state index contributed by atoms with van der Waals surface area (Å²) in [6.07, 6.45) is 4.56. The third kappa shape index (κ3) is 3.28. The molecule has 0 unspecified atom stereocenters. The quantitative estimate of drug-likeness (QED) is 0.946. The highest BCUT2D eigenvalue weighted by Gasteiger charge is 2.23. The third-order valence-corrected chi connectivity index (χ3v) is 4.80. The summed E-state index contributed by atoms with van der Waals surface area (Å²) >= 11 is 0. The van der Waals surface area contributed by atoms with Crippen molar-refractivity contribution in [2.75, 3.05) is 0 Å². The number of rotatable bonds is 3. The molecule has 1 aromatic carbocycles. The number of fused-ring (bicyclic) bond motifs is 1. The summed E-state index contributed by atoms with van der Waals surface area (Å²) in [6, 6.07) is 7.60. The maximum atomic E-state index is 12.5. The molecular formula is C18H23N3O2. The summed E-state index contributed by atoms with van der Waals surface area (Å²) in [7, 11) is 0. The number of nitrogens with one attached hydrogen (secondary N) is 1. The molecule has 5 heteroatoms. The highest BCUT2D eigenvalue weighted by Crippen LogP contribution is 2.23. The van der Waals surface area contributed by atoms with Crippen molar-refractivity contribution in [3.8, 4) is 0 Å². The molecule has 1 heterocycles. The Morgan fingerprint density at radius 3 is 2.70 bits per heavy atom. The van der Waals surface area contributed by atoms with Crippen LogP contribution in [-0.2, 0) is 11.3 Å². The molecule has 0 saturated heterocycles. The standard InChI is InChI=1S/C18H23N3O2/c1-12-7-3-6-10-16(12)19-17(22)11-21-18(23)15-9-5-4-8-14(15)13(2)20-21/h4-5,8-9,12,16H,3,6-7,10-11H2,1-2H3,(H,19,22)/t12-,16-/m1/s1. The van der Waals surface area contributed by atoms with Crippen LogP contribution in [0.4, 0.5) is 0 Å². The largest absolute Gasteiger partial charge is 0.351 e. The first-order chi connectivity index (χ1) is 11.1. The second kappa shape index (κ2) is 6.52. The monoisotopic (exact) mass is 313 g/mol. The van der Waals surface area contributed by atoms with Crippen molar-refractivity contribution in [3.63, 3.8) is 0 Å². The van der Waals surface area contributed by atoms with Crippen LogP contribution in [-0.4, -0.2) is 21.7 Å². The van der Waals surface area contributed by atoms with Gasteiger partial charge < -0.3 is 5.32 Å². The van der Waals surface area contributed by atoms with Gasteiger partial charge in [0.15, 0.2) is 0 Å². The summed E-state index contributed by atoms with van der Waals surface area (Å²) in [6.45, 7) is 4.02. The first kappa shape index (κ1) is 15.7. The fourth-order valence-corrected chi connectivity index (χ4v) is 3.43. The van der Waals surface area contributed by atoms with Gasteiger partial charge in [0.05, 0.1) is 11.1 Å². The molecule has 23 heavy (non-hydrogen) atoms. The van der Waals surface area contributed by atoms with Crippen LogP contribution in [0.5, 0.6) is 0 Å². The summed E-state index contributed by atoms with van der Waals surface area (Å²) in [5.41, 5.74) is 0.553. The molecule has 1 fully saturated rings. The van der Waals surface area contributed by atoms with Crippen LogP contribution in [0.15, 0.2) is 29.1 Å². The molecule has 1 saturated carbocycles. The third-order valence-electron chi connectivity index (χ3n) is 4.80. The lowest BCUT2D eigenvalue weighted by Crippen LogP contribution is -2.43. The van der Waals surface area contributed by atoms with Gasteiger partial charge in [-0.05, 0) is 31.7 Å².